The molecule has 1 aromatic carbocycles. The van der Waals surface area contributed by atoms with Crippen LogP contribution in [0, 0.1) is 12.8 Å². The average Bonchev–Trinajstić information content (AvgIpc) is 2.75. The predicted molar refractivity (Wildman–Crippen MR) is 93.8 cm³/mol. The predicted octanol–water partition coefficient (Wildman–Crippen LogP) is 1.95. The van der Waals surface area contributed by atoms with E-state index in [2.05, 4.69) is 10.3 Å². The number of anilines is 2. The monoisotopic (exact) mass is 359 g/mol. The molecular weight excluding hydrogens is 342 g/mol. The molecule has 1 aliphatic rings. The number of carbonyl (C=O) groups is 2. The zero-order valence-corrected chi connectivity index (χ0v) is 14.6. The summed E-state index contributed by atoms with van der Waals surface area (Å²) in [6.07, 6.45) is 1.60. The van der Waals surface area contributed by atoms with Crippen molar-refractivity contribution in [2.24, 2.45) is 5.92 Å². The van der Waals surface area contributed by atoms with Gasteiger partial charge in [0.25, 0.3) is 5.91 Å². The number of pyridine rings is 1. The van der Waals surface area contributed by atoms with Crippen LogP contribution in [-0.4, -0.2) is 31.0 Å². The van der Waals surface area contributed by atoms with Crippen molar-refractivity contribution in [3.8, 4) is 0 Å². The lowest BCUT2D eigenvalue weighted by molar-refractivity contribution is -0.119. The van der Waals surface area contributed by atoms with Crippen LogP contribution in [0.15, 0.2) is 42.6 Å². The van der Waals surface area contributed by atoms with Gasteiger partial charge in [0.15, 0.2) is 0 Å². The molecule has 25 heavy (non-hydrogen) atoms. The first-order chi connectivity index (χ1) is 11.8. The summed E-state index contributed by atoms with van der Waals surface area (Å²) >= 11 is 0. The van der Waals surface area contributed by atoms with E-state index in [1.54, 1.807) is 25.3 Å². The number of aryl methyl sites for hydroxylation is 1. The number of hydrogen-bond donors (Lipinski definition) is 1. The standard InChI is InChI=1S/C17H17N3O4S/c1-11-10-25(23,24)20(17(11)22)15-5-3-13(4-6-15)16(21)19-14-7-8-18-12(2)9-14/h3-9,11H,10H2,1-2H3,(H,18,19,21)/t11-/m1/s1. The minimum Gasteiger partial charge on any atom is -0.322 e. The lowest BCUT2D eigenvalue weighted by Crippen LogP contribution is -2.30. The number of amides is 2. The van der Waals surface area contributed by atoms with E-state index in [1.165, 1.54) is 24.3 Å². The molecule has 2 heterocycles. The molecule has 0 spiro atoms. The van der Waals surface area contributed by atoms with Gasteiger partial charge in [-0.25, -0.2) is 12.7 Å². The Kier molecular flexibility index (Phi) is 4.30. The lowest BCUT2D eigenvalue weighted by atomic mass is 10.1. The third kappa shape index (κ3) is 3.39. The van der Waals surface area contributed by atoms with Gasteiger partial charge < -0.3 is 5.32 Å². The van der Waals surface area contributed by atoms with Crippen molar-refractivity contribution < 1.29 is 18.0 Å². The highest BCUT2D eigenvalue weighted by Crippen LogP contribution is 2.28. The normalized spacial score (nSPS) is 19.0. The maximum absolute atomic E-state index is 12.3. The molecule has 1 aromatic heterocycles. The van der Waals surface area contributed by atoms with E-state index in [1.807, 2.05) is 6.92 Å². The van der Waals surface area contributed by atoms with Gasteiger partial charge >= 0.3 is 0 Å². The summed E-state index contributed by atoms with van der Waals surface area (Å²) in [5.74, 6) is -1.55. The topological polar surface area (TPSA) is 96.4 Å². The maximum Gasteiger partial charge on any atom is 0.255 e. The zero-order chi connectivity index (χ0) is 18.2. The molecule has 0 bridgehead atoms. The zero-order valence-electron chi connectivity index (χ0n) is 13.8. The molecule has 3 rings (SSSR count). The fourth-order valence-electron chi connectivity index (χ4n) is 2.66. The van der Waals surface area contributed by atoms with Crippen LogP contribution in [0.5, 0.6) is 0 Å². The molecule has 1 aliphatic heterocycles. The average molecular weight is 359 g/mol. The fraction of sp³-hybridized carbons (Fsp3) is 0.235. The largest absolute Gasteiger partial charge is 0.322 e. The van der Waals surface area contributed by atoms with Gasteiger partial charge in [-0.05, 0) is 43.3 Å². The van der Waals surface area contributed by atoms with Crippen LogP contribution >= 0.6 is 0 Å². The van der Waals surface area contributed by atoms with Crippen molar-refractivity contribution in [3.05, 3.63) is 53.9 Å². The van der Waals surface area contributed by atoms with Crippen LogP contribution in [-0.2, 0) is 14.8 Å². The quantitative estimate of drug-likeness (QED) is 0.903. The molecule has 1 atom stereocenters. The fourth-order valence-corrected chi connectivity index (χ4v) is 4.48. The van der Waals surface area contributed by atoms with Crippen LogP contribution in [0.4, 0.5) is 11.4 Å². The van der Waals surface area contributed by atoms with Gasteiger partial charge in [-0.3, -0.25) is 14.6 Å². The Hall–Kier alpha value is -2.74. The summed E-state index contributed by atoms with van der Waals surface area (Å²) in [5, 5.41) is 2.74. The first-order valence-electron chi connectivity index (χ1n) is 7.69. The lowest BCUT2D eigenvalue weighted by Gasteiger charge is -2.15. The van der Waals surface area contributed by atoms with Crippen molar-refractivity contribution in [1.82, 2.24) is 4.98 Å². The SMILES string of the molecule is Cc1cc(NC(=O)c2ccc(N3C(=O)[C@H](C)CS3(=O)=O)cc2)ccn1. The highest BCUT2D eigenvalue weighted by Gasteiger charge is 2.41. The van der Waals surface area contributed by atoms with Crippen molar-refractivity contribution in [2.75, 3.05) is 15.4 Å². The molecule has 1 fully saturated rings. The molecule has 0 radical (unpaired) electrons. The number of benzene rings is 1. The van der Waals surface area contributed by atoms with Gasteiger partial charge in [-0.1, -0.05) is 6.92 Å². The molecular formula is C17H17N3O4S. The maximum atomic E-state index is 12.3. The van der Waals surface area contributed by atoms with Crippen LogP contribution in [0.2, 0.25) is 0 Å². The number of nitrogens with one attached hydrogen (secondary N) is 1. The van der Waals surface area contributed by atoms with Crippen molar-refractivity contribution in [2.45, 2.75) is 13.8 Å². The van der Waals surface area contributed by atoms with Gasteiger partial charge in [-0.15, -0.1) is 0 Å². The Balaban J connectivity index is 1.81. The first-order valence-corrected chi connectivity index (χ1v) is 9.30. The van der Waals surface area contributed by atoms with Crippen LogP contribution in [0.1, 0.15) is 23.0 Å². The van der Waals surface area contributed by atoms with Crippen LogP contribution in [0.25, 0.3) is 0 Å². The molecule has 2 aromatic rings. The summed E-state index contributed by atoms with van der Waals surface area (Å²) in [6.45, 7) is 3.40. The number of hydrogen-bond acceptors (Lipinski definition) is 5. The number of aromatic nitrogens is 1. The Morgan fingerprint density at radius 1 is 1.24 bits per heavy atom. The first kappa shape index (κ1) is 17.1. The third-order valence-corrected chi connectivity index (χ3v) is 5.75. The van der Waals surface area contributed by atoms with E-state index < -0.39 is 21.8 Å². The summed E-state index contributed by atoms with van der Waals surface area (Å²) < 4.78 is 25.0. The van der Waals surface area contributed by atoms with Crippen LogP contribution < -0.4 is 9.62 Å². The molecule has 0 unspecified atom stereocenters. The molecule has 7 nitrogen and oxygen atoms in total. The Morgan fingerprint density at radius 2 is 1.92 bits per heavy atom. The second kappa shape index (κ2) is 6.29. The van der Waals surface area contributed by atoms with Crippen molar-refractivity contribution >= 4 is 33.2 Å². The van der Waals surface area contributed by atoms with Crippen molar-refractivity contribution in [3.63, 3.8) is 0 Å². The Bertz CT molecular complexity index is 939. The third-order valence-electron chi connectivity index (χ3n) is 3.88. The number of nitrogens with zero attached hydrogens (tertiary/aromatic N) is 2. The van der Waals surface area contributed by atoms with Gasteiger partial charge in [-0.2, -0.15) is 0 Å². The van der Waals surface area contributed by atoms with Gasteiger partial charge in [0, 0.05) is 23.1 Å². The summed E-state index contributed by atoms with van der Waals surface area (Å²) in [4.78, 5) is 28.4. The van der Waals surface area contributed by atoms with E-state index in [0.717, 1.165) is 10.00 Å². The molecule has 130 valence electrons. The van der Waals surface area contributed by atoms with E-state index in [4.69, 9.17) is 0 Å². The number of sulfonamides is 1. The van der Waals surface area contributed by atoms with E-state index in [0.29, 0.717) is 11.3 Å². The summed E-state index contributed by atoms with van der Waals surface area (Å²) in [6, 6.07) is 9.31. The smallest absolute Gasteiger partial charge is 0.255 e. The van der Waals surface area contributed by atoms with Crippen LogP contribution in [0.3, 0.4) is 0 Å². The highest BCUT2D eigenvalue weighted by atomic mass is 32.2. The van der Waals surface area contributed by atoms with Gasteiger partial charge in [0.05, 0.1) is 17.4 Å². The molecule has 1 N–H and O–H groups in total. The molecule has 0 aliphatic carbocycles. The molecule has 1 saturated heterocycles. The number of rotatable bonds is 3. The second-order valence-corrected chi connectivity index (χ2v) is 7.83. The molecule has 8 heteroatoms. The Morgan fingerprint density at radius 3 is 2.48 bits per heavy atom. The van der Waals surface area contributed by atoms with E-state index in [9.17, 15) is 18.0 Å². The second-order valence-electron chi connectivity index (χ2n) is 5.97. The van der Waals surface area contributed by atoms with Crippen molar-refractivity contribution in [1.29, 1.82) is 0 Å². The Labute approximate surface area is 145 Å². The minimum atomic E-state index is -3.65. The van der Waals surface area contributed by atoms with Gasteiger partial charge in [0.2, 0.25) is 15.9 Å². The molecule has 2 amide bonds. The molecule has 0 saturated carbocycles. The van der Waals surface area contributed by atoms with E-state index in [-0.39, 0.29) is 17.3 Å². The highest BCUT2D eigenvalue weighted by molar-refractivity contribution is 7.94. The number of carbonyl (C=O) groups excluding carboxylic acids is 2. The van der Waals surface area contributed by atoms with Gasteiger partial charge in [0.1, 0.15) is 0 Å². The summed E-state index contributed by atoms with van der Waals surface area (Å²) in [5.41, 5.74) is 1.99. The minimum absolute atomic E-state index is 0.199. The summed E-state index contributed by atoms with van der Waals surface area (Å²) in [7, 11) is -3.65. The van der Waals surface area contributed by atoms with E-state index >= 15 is 0 Å².